The van der Waals surface area contributed by atoms with Gasteiger partial charge in [0.25, 0.3) is 0 Å². The van der Waals surface area contributed by atoms with E-state index in [1.807, 2.05) is 24.3 Å². The van der Waals surface area contributed by atoms with Crippen molar-refractivity contribution in [2.24, 2.45) is 11.8 Å². The van der Waals surface area contributed by atoms with Gasteiger partial charge >= 0.3 is 0 Å². The summed E-state index contributed by atoms with van der Waals surface area (Å²) >= 11 is 0. The molecule has 1 atom stereocenters. The van der Waals surface area contributed by atoms with Gasteiger partial charge in [-0.1, -0.05) is 82.3 Å². The molecule has 1 unspecified atom stereocenters. The molecule has 148 valence electrons. The molecular formula is C27H35N. The second kappa shape index (κ2) is 10.5. The van der Waals surface area contributed by atoms with Crippen LogP contribution in [0.15, 0.2) is 48.5 Å². The summed E-state index contributed by atoms with van der Waals surface area (Å²) in [7, 11) is 0. The summed E-state index contributed by atoms with van der Waals surface area (Å²) < 4.78 is 0. The summed E-state index contributed by atoms with van der Waals surface area (Å²) in [5.41, 5.74) is 4.65. The third-order valence-corrected chi connectivity index (χ3v) is 6.82. The molecule has 0 heterocycles. The Morgan fingerprint density at radius 3 is 2.04 bits per heavy atom. The number of hydrogen-bond donors (Lipinski definition) is 0. The fourth-order valence-electron chi connectivity index (χ4n) is 4.84. The van der Waals surface area contributed by atoms with E-state index in [9.17, 15) is 0 Å². The van der Waals surface area contributed by atoms with Crippen molar-refractivity contribution in [3.63, 3.8) is 0 Å². The molecule has 0 N–H and O–H groups in total. The highest BCUT2D eigenvalue weighted by Gasteiger charge is 2.25. The van der Waals surface area contributed by atoms with E-state index in [1.54, 1.807) is 0 Å². The van der Waals surface area contributed by atoms with Crippen LogP contribution in [-0.2, 0) is 0 Å². The number of hydrogen-bond acceptors (Lipinski definition) is 1. The van der Waals surface area contributed by atoms with E-state index in [4.69, 9.17) is 5.26 Å². The summed E-state index contributed by atoms with van der Waals surface area (Å²) in [6.45, 7) is 4.78. The molecule has 1 aliphatic rings. The summed E-state index contributed by atoms with van der Waals surface area (Å²) in [6, 6.07) is 19.2. The molecule has 1 saturated carbocycles. The van der Waals surface area contributed by atoms with Crippen molar-refractivity contribution in [2.75, 3.05) is 0 Å². The average Bonchev–Trinajstić information content (AvgIpc) is 2.77. The van der Waals surface area contributed by atoms with E-state index in [2.05, 4.69) is 44.2 Å². The first-order chi connectivity index (χ1) is 13.7. The SMILES string of the molecule is CCCCCCC(C)C1CCC(c2ccc(-c3ccc(C#N)cc3)cc2)CC1. The van der Waals surface area contributed by atoms with Gasteiger partial charge in [-0.3, -0.25) is 0 Å². The van der Waals surface area contributed by atoms with Crippen molar-refractivity contribution in [2.45, 2.75) is 77.6 Å². The Balaban J connectivity index is 1.51. The maximum absolute atomic E-state index is 8.95. The molecule has 0 saturated heterocycles. The maximum Gasteiger partial charge on any atom is 0.0991 e. The molecule has 3 rings (SSSR count). The van der Waals surface area contributed by atoms with Gasteiger partial charge in [0.2, 0.25) is 0 Å². The lowest BCUT2D eigenvalue weighted by Crippen LogP contribution is -2.19. The fourth-order valence-corrected chi connectivity index (χ4v) is 4.84. The standard InChI is InChI=1S/C27H35N/c1-3-4-5-6-7-21(2)23-12-14-25(15-13-23)27-18-16-26(17-19-27)24-10-8-22(20-28)9-11-24/h8-11,16-19,21,23,25H,3-7,12-15H2,1-2H3. The highest BCUT2D eigenvalue weighted by molar-refractivity contribution is 5.64. The Morgan fingerprint density at radius 2 is 1.46 bits per heavy atom. The molecule has 0 radical (unpaired) electrons. The second-order valence-corrected chi connectivity index (χ2v) is 8.75. The molecule has 0 spiro atoms. The Bertz CT molecular complexity index is 742. The summed E-state index contributed by atoms with van der Waals surface area (Å²) in [5.74, 6) is 2.57. The summed E-state index contributed by atoms with van der Waals surface area (Å²) in [4.78, 5) is 0. The molecule has 0 aliphatic heterocycles. The van der Waals surface area contributed by atoms with Crippen LogP contribution in [0, 0.1) is 23.2 Å². The lowest BCUT2D eigenvalue weighted by Gasteiger charge is -2.32. The lowest BCUT2D eigenvalue weighted by molar-refractivity contribution is 0.231. The minimum atomic E-state index is 0.719. The number of unbranched alkanes of at least 4 members (excludes halogenated alkanes) is 3. The van der Waals surface area contributed by atoms with Crippen LogP contribution in [0.25, 0.3) is 11.1 Å². The van der Waals surface area contributed by atoms with Crippen LogP contribution in [0.1, 0.15) is 88.7 Å². The van der Waals surface area contributed by atoms with Crippen molar-refractivity contribution in [3.8, 4) is 17.2 Å². The number of nitriles is 1. The Kier molecular flexibility index (Phi) is 7.72. The van der Waals surface area contributed by atoms with E-state index in [0.29, 0.717) is 0 Å². The lowest BCUT2D eigenvalue weighted by atomic mass is 9.73. The van der Waals surface area contributed by atoms with Crippen molar-refractivity contribution in [1.29, 1.82) is 5.26 Å². The molecule has 1 fully saturated rings. The van der Waals surface area contributed by atoms with Gasteiger partial charge in [-0.25, -0.2) is 0 Å². The van der Waals surface area contributed by atoms with Crippen LogP contribution in [0.4, 0.5) is 0 Å². The second-order valence-electron chi connectivity index (χ2n) is 8.75. The van der Waals surface area contributed by atoms with Crippen LogP contribution in [0.5, 0.6) is 0 Å². The zero-order chi connectivity index (χ0) is 19.8. The van der Waals surface area contributed by atoms with E-state index in [-0.39, 0.29) is 0 Å². The van der Waals surface area contributed by atoms with E-state index < -0.39 is 0 Å². The van der Waals surface area contributed by atoms with Gasteiger partial charge in [0.15, 0.2) is 0 Å². The van der Waals surface area contributed by atoms with Gasteiger partial charge in [-0.05, 0) is 72.3 Å². The van der Waals surface area contributed by atoms with Crippen molar-refractivity contribution in [1.82, 2.24) is 0 Å². The molecule has 1 aliphatic carbocycles. The van der Waals surface area contributed by atoms with Crippen LogP contribution >= 0.6 is 0 Å². The topological polar surface area (TPSA) is 23.8 Å². The predicted octanol–water partition coefficient (Wildman–Crippen LogP) is 8.11. The van der Waals surface area contributed by atoms with Crippen LogP contribution in [-0.4, -0.2) is 0 Å². The molecule has 0 aromatic heterocycles. The highest BCUT2D eigenvalue weighted by atomic mass is 14.3. The first-order valence-electron chi connectivity index (χ1n) is 11.3. The quantitative estimate of drug-likeness (QED) is 0.429. The average molecular weight is 374 g/mol. The summed E-state index contributed by atoms with van der Waals surface area (Å²) in [6.07, 6.45) is 12.5. The first kappa shape index (κ1) is 20.7. The van der Waals surface area contributed by atoms with Crippen molar-refractivity contribution in [3.05, 3.63) is 59.7 Å². The zero-order valence-corrected chi connectivity index (χ0v) is 17.7. The van der Waals surface area contributed by atoms with Gasteiger partial charge in [-0.15, -0.1) is 0 Å². The zero-order valence-electron chi connectivity index (χ0n) is 17.7. The highest BCUT2D eigenvalue weighted by Crippen LogP contribution is 2.40. The largest absolute Gasteiger partial charge is 0.192 e. The summed E-state index contributed by atoms with van der Waals surface area (Å²) in [5, 5.41) is 8.95. The molecule has 2 aromatic carbocycles. The maximum atomic E-state index is 8.95. The molecule has 2 aromatic rings. The molecule has 28 heavy (non-hydrogen) atoms. The minimum absolute atomic E-state index is 0.719. The smallest absolute Gasteiger partial charge is 0.0991 e. The Hall–Kier alpha value is -2.07. The van der Waals surface area contributed by atoms with Crippen molar-refractivity contribution < 1.29 is 0 Å². The predicted molar refractivity (Wildman–Crippen MR) is 119 cm³/mol. The molecule has 0 bridgehead atoms. The molecular weight excluding hydrogens is 338 g/mol. The third kappa shape index (κ3) is 5.48. The van der Waals surface area contributed by atoms with Gasteiger partial charge in [-0.2, -0.15) is 5.26 Å². The van der Waals surface area contributed by atoms with Crippen LogP contribution in [0.3, 0.4) is 0 Å². The normalized spacial score (nSPS) is 20.5. The van der Waals surface area contributed by atoms with Crippen molar-refractivity contribution >= 4 is 0 Å². The van der Waals surface area contributed by atoms with E-state index in [1.165, 1.54) is 74.5 Å². The van der Waals surface area contributed by atoms with Gasteiger partial charge in [0.1, 0.15) is 0 Å². The van der Waals surface area contributed by atoms with Crippen LogP contribution < -0.4 is 0 Å². The number of rotatable bonds is 8. The first-order valence-corrected chi connectivity index (χ1v) is 11.3. The Labute approximate surface area is 171 Å². The monoisotopic (exact) mass is 373 g/mol. The Morgan fingerprint density at radius 1 is 0.857 bits per heavy atom. The number of benzene rings is 2. The number of nitrogens with zero attached hydrogens (tertiary/aromatic N) is 1. The van der Waals surface area contributed by atoms with Gasteiger partial charge in [0, 0.05) is 0 Å². The van der Waals surface area contributed by atoms with Gasteiger partial charge < -0.3 is 0 Å². The fraction of sp³-hybridized carbons (Fsp3) is 0.519. The van der Waals surface area contributed by atoms with Gasteiger partial charge in [0.05, 0.1) is 11.6 Å². The van der Waals surface area contributed by atoms with E-state index in [0.717, 1.165) is 23.3 Å². The molecule has 0 amide bonds. The molecule has 1 heteroatoms. The third-order valence-electron chi connectivity index (χ3n) is 6.82. The molecule has 1 nitrogen and oxygen atoms in total. The minimum Gasteiger partial charge on any atom is -0.192 e. The van der Waals surface area contributed by atoms with E-state index >= 15 is 0 Å². The van der Waals surface area contributed by atoms with Crippen LogP contribution in [0.2, 0.25) is 0 Å².